The monoisotopic (exact) mass is 460 g/mol. The lowest BCUT2D eigenvalue weighted by Gasteiger charge is -2.31. The molecule has 2 fully saturated rings. The summed E-state index contributed by atoms with van der Waals surface area (Å²) in [5.41, 5.74) is 0. The Morgan fingerprint density at radius 2 is 1.83 bits per heavy atom. The number of guanidine groups is 1. The second-order valence-corrected chi connectivity index (χ2v) is 8.07. The van der Waals surface area contributed by atoms with Gasteiger partial charge in [0.05, 0.1) is 6.26 Å². The van der Waals surface area contributed by atoms with E-state index in [-0.39, 0.29) is 24.0 Å². The molecule has 0 aromatic heterocycles. The van der Waals surface area contributed by atoms with Crippen molar-refractivity contribution in [3.8, 4) is 0 Å². The third-order valence-corrected chi connectivity index (χ3v) is 5.69. The number of hydrogen-bond donors (Lipinski definition) is 2. The van der Waals surface area contributed by atoms with Crippen LogP contribution < -0.4 is 10.6 Å². The van der Waals surface area contributed by atoms with Crippen molar-refractivity contribution in [1.82, 2.24) is 14.9 Å². The highest BCUT2D eigenvalue weighted by atomic mass is 127. The van der Waals surface area contributed by atoms with Crippen LogP contribution in [0.25, 0.3) is 0 Å². The first-order chi connectivity index (χ1) is 10.5. The molecular weight excluding hydrogens is 431 g/mol. The average molecular weight is 460 g/mol. The number of ether oxygens (including phenoxy) is 1. The molecule has 0 spiro atoms. The van der Waals surface area contributed by atoms with Gasteiger partial charge in [0, 0.05) is 45.9 Å². The highest BCUT2D eigenvalue weighted by molar-refractivity contribution is 14.0. The van der Waals surface area contributed by atoms with E-state index in [0.717, 1.165) is 51.4 Å². The minimum Gasteiger partial charge on any atom is -0.381 e. The van der Waals surface area contributed by atoms with Crippen molar-refractivity contribution < 1.29 is 13.2 Å². The average Bonchev–Trinajstić information content (AvgIpc) is 2.52. The number of nitrogens with zero attached hydrogens (tertiary/aromatic N) is 2. The van der Waals surface area contributed by atoms with E-state index in [4.69, 9.17) is 4.74 Å². The zero-order valence-electron chi connectivity index (χ0n) is 14.0. The van der Waals surface area contributed by atoms with Crippen molar-refractivity contribution >= 4 is 40.0 Å². The topological polar surface area (TPSA) is 83.0 Å². The standard InChI is InChI=1S/C14H28N4O3S.HI/c1-15-14(17-13-5-9-21-10-6-13)16-11-12-3-7-18(8-4-12)22(2,19)20;/h12-13H,3-11H2,1-2H3,(H2,15,16,17);1H. The molecule has 0 amide bonds. The maximum atomic E-state index is 11.5. The lowest BCUT2D eigenvalue weighted by atomic mass is 9.98. The van der Waals surface area contributed by atoms with Crippen LogP contribution in [0.5, 0.6) is 0 Å². The molecule has 23 heavy (non-hydrogen) atoms. The predicted molar refractivity (Wildman–Crippen MR) is 103 cm³/mol. The Bertz CT molecular complexity index is 472. The van der Waals surface area contributed by atoms with Crippen molar-refractivity contribution in [2.45, 2.75) is 31.7 Å². The van der Waals surface area contributed by atoms with E-state index < -0.39 is 10.0 Å². The largest absolute Gasteiger partial charge is 0.381 e. The Balaban J connectivity index is 0.00000264. The molecule has 0 atom stereocenters. The summed E-state index contributed by atoms with van der Waals surface area (Å²) < 4.78 is 29.9. The summed E-state index contributed by atoms with van der Waals surface area (Å²) in [7, 11) is -1.26. The molecule has 2 heterocycles. The number of aliphatic imine (C=N–C) groups is 1. The minimum atomic E-state index is -3.04. The smallest absolute Gasteiger partial charge is 0.211 e. The second-order valence-electron chi connectivity index (χ2n) is 6.09. The molecular formula is C14H29IN4O3S. The summed E-state index contributed by atoms with van der Waals surface area (Å²) >= 11 is 0. The molecule has 0 radical (unpaired) electrons. The summed E-state index contributed by atoms with van der Waals surface area (Å²) in [5, 5.41) is 6.80. The zero-order valence-corrected chi connectivity index (χ0v) is 17.1. The van der Waals surface area contributed by atoms with E-state index >= 15 is 0 Å². The lowest BCUT2D eigenvalue weighted by molar-refractivity contribution is 0.0822. The van der Waals surface area contributed by atoms with Gasteiger partial charge < -0.3 is 15.4 Å². The molecule has 7 nitrogen and oxygen atoms in total. The maximum Gasteiger partial charge on any atom is 0.211 e. The normalized spacial score (nSPS) is 22.4. The van der Waals surface area contributed by atoms with Crippen LogP contribution in [0.2, 0.25) is 0 Å². The van der Waals surface area contributed by atoms with Crippen LogP contribution in [-0.2, 0) is 14.8 Å². The number of hydrogen-bond acceptors (Lipinski definition) is 4. The number of halogens is 1. The Labute approximate surface area is 156 Å². The molecule has 0 aliphatic carbocycles. The lowest BCUT2D eigenvalue weighted by Crippen LogP contribution is -2.48. The molecule has 2 aliphatic rings. The quantitative estimate of drug-likeness (QED) is 0.365. The van der Waals surface area contributed by atoms with Crippen molar-refractivity contribution in [3.63, 3.8) is 0 Å². The summed E-state index contributed by atoms with van der Waals surface area (Å²) in [4.78, 5) is 4.27. The fourth-order valence-electron chi connectivity index (χ4n) is 2.92. The zero-order chi connectivity index (χ0) is 16.0. The van der Waals surface area contributed by atoms with Gasteiger partial charge in [-0.15, -0.1) is 24.0 Å². The fourth-order valence-corrected chi connectivity index (χ4v) is 3.79. The van der Waals surface area contributed by atoms with Gasteiger partial charge in [0.1, 0.15) is 0 Å². The van der Waals surface area contributed by atoms with Gasteiger partial charge in [-0.3, -0.25) is 4.99 Å². The van der Waals surface area contributed by atoms with Crippen molar-refractivity contribution in [2.75, 3.05) is 46.2 Å². The summed E-state index contributed by atoms with van der Waals surface area (Å²) in [6.45, 7) is 3.69. The molecule has 136 valence electrons. The third-order valence-electron chi connectivity index (χ3n) is 4.39. The van der Waals surface area contributed by atoms with Gasteiger partial charge in [-0.25, -0.2) is 12.7 Å². The summed E-state index contributed by atoms with van der Waals surface area (Å²) in [6.07, 6.45) is 5.09. The van der Waals surface area contributed by atoms with Gasteiger partial charge >= 0.3 is 0 Å². The first-order valence-corrected chi connectivity index (χ1v) is 9.84. The van der Waals surface area contributed by atoms with Crippen LogP contribution >= 0.6 is 24.0 Å². The first kappa shape index (κ1) is 20.9. The number of nitrogens with one attached hydrogen (secondary N) is 2. The molecule has 0 aromatic rings. The predicted octanol–water partition coefficient (Wildman–Crippen LogP) is 0.620. The fraction of sp³-hybridized carbons (Fsp3) is 0.929. The van der Waals surface area contributed by atoms with E-state index in [1.165, 1.54) is 6.26 Å². The van der Waals surface area contributed by atoms with E-state index in [2.05, 4.69) is 15.6 Å². The summed E-state index contributed by atoms with van der Waals surface area (Å²) in [6, 6.07) is 0.423. The Morgan fingerprint density at radius 1 is 1.22 bits per heavy atom. The van der Waals surface area contributed by atoms with E-state index in [1.54, 1.807) is 11.4 Å². The molecule has 2 rings (SSSR count). The first-order valence-electron chi connectivity index (χ1n) is 7.99. The van der Waals surface area contributed by atoms with E-state index in [1.807, 2.05) is 0 Å². The van der Waals surface area contributed by atoms with Gasteiger partial charge in [-0.1, -0.05) is 0 Å². The molecule has 0 aromatic carbocycles. The van der Waals surface area contributed by atoms with Crippen molar-refractivity contribution in [1.29, 1.82) is 0 Å². The van der Waals surface area contributed by atoms with Crippen LogP contribution in [0.3, 0.4) is 0 Å². The number of piperidine rings is 1. The highest BCUT2D eigenvalue weighted by Crippen LogP contribution is 2.18. The molecule has 2 N–H and O–H groups in total. The number of sulfonamides is 1. The van der Waals surface area contributed by atoms with Gasteiger partial charge in [-0.2, -0.15) is 0 Å². The third kappa shape index (κ3) is 7.10. The van der Waals surface area contributed by atoms with Gasteiger partial charge in [0.25, 0.3) is 0 Å². The molecule has 0 bridgehead atoms. The Hall–Kier alpha value is -0.130. The van der Waals surface area contributed by atoms with Crippen molar-refractivity contribution in [2.24, 2.45) is 10.9 Å². The van der Waals surface area contributed by atoms with Crippen LogP contribution in [0.1, 0.15) is 25.7 Å². The van der Waals surface area contributed by atoms with E-state index in [9.17, 15) is 8.42 Å². The Morgan fingerprint density at radius 3 is 2.35 bits per heavy atom. The molecule has 2 aliphatic heterocycles. The summed E-state index contributed by atoms with van der Waals surface area (Å²) in [5.74, 6) is 1.32. The highest BCUT2D eigenvalue weighted by Gasteiger charge is 2.25. The van der Waals surface area contributed by atoms with Gasteiger partial charge in [0.15, 0.2) is 5.96 Å². The van der Waals surface area contributed by atoms with Gasteiger partial charge in [-0.05, 0) is 31.6 Å². The van der Waals surface area contributed by atoms with E-state index in [0.29, 0.717) is 25.0 Å². The molecule has 9 heteroatoms. The molecule has 0 unspecified atom stereocenters. The van der Waals surface area contributed by atoms with Crippen molar-refractivity contribution in [3.05, 3.63) is 0 Å². The number of rotatable bonds is 4. The molecule has 2 saturated heterocycles. The SMILES string of the molecule is CN=C(NCC1CCN(S(C)(=O)=O)CC1)NC1CCOCC1.I. The van der Waals surface area contributed by atoms with Gasteiger partial charge in [0.2, 0.25) is 10.0 Å². The maximum absolute atomic E-state index is 11.5. The van der Waals surface area contributed by atoms with Crippen LogP contribution in [0.4, 0.5) is 0 Å². The van der Waals surface area contributed by atoms with Crippen LogP contribution in [0, 0.1) is 5.92 Å². The molecule has 0 saturated carbocycles. The minimum absolute atomic E-state index is 0. The van der Waals surface area contributed by atoms with Crippen LogP contribution in [0.15, 0.2) is 4.99 Å². The Kier molecular flexibility index (Phi) is 9.09. The second kappa shape index (κ2) is 10.00. The van der Waals surface area contributed by atoms with Crippen LogP contribution in [-0.4, -0.2) is 70.9 Å².